The summed E-state index contributed by atoms with van der Waals surface area (Å²) < 4.78 is 11.6. The third-order valence-electron chi connectivity index (χ3n) is 4.91. The van der Waals surface area contributed by atoms with Crippen molar-refractivity contribution >= 4 is 41.5 Å². The summed E-state index contributed by atoms with van der Waals surface area (Å²) in [4.78, 5) is 16.2. The number of hydrogen-bond acceptors (Lipinski definition) is 4. The molecule has 0 spiro atoms. The number of fused-ring (bicyclic) bond motifs is 1. The number of rotatable bonds is 9. The van der Waals surface area contributed by atoms with E-state index < -0.39 is 0 Å². The summed E-state index contributed by atoms with van der Waals surface area (Å²) >= 11 is 0. The van der Waals surface area contributed by atoms with Crippen LogP contribution in [-0.4, -0.2) is 38.2 Å². The largest absolute Gasteiger partial charge is 0.494 e. The fourth-order valence-corrected chi connectivity index (χ4v) is 3.38. The van der Waals surface area contributed by atoms with Crippen molar-refractivity contribution in [1.29, 1.82) is 0 Å². The number of amides is 1. The van der Waals surface area contributed by atoms with Crippen LogP contribution in [0.15, 0.2) is 41.4 Å². The fraction of sp³-hybridized carbons (Fsp3) is 0.417. The van der Waals surface area contributed by atoms with Crippen molar-refractivity contribution in [2.24, 2.45) is 4.99 Å². The number of halogens is 1. The van der Waals surface area contributed by atoms with Gasteiger partial charge < -0.3 is 25.4 Å². The van der Waals surface area contributed by atoms with Crippen LogP contribution in [0.3, 0.4) is 0 Å². The Morgan fingerprint density at radius 3 is 2.72 bits per heavy atom. The maximum absolute atomic E-state index is 11.5. The minimum atomic E-state index is 0. The van der Waals surface area contributed by atoms with Gasteiger partial charge in [0.05, 0.1) is 19.7 Å². The number of aryl methyl sites for hydroxylation is 2. The third-order valence-corrected chi connectivity index (χ3v) is 4.91. The Balaban J connectivity index is 0.00000363. The molecule has 0 aliphatic carbocycles. The van der Waals surface area contributed by atoms with Crippen LogP contribution in [0, 0.1) is 6.92 Å². The molecule has 3 rings (SSSR count). The number of hydrogen-bond donors (Lipinski definition) is 3. The predicted molar refractivity (Wildman–Crippen MR) is 139 cm³/mol. The maximum Gasteiger partial charge on any atom is 0.224 e. The molecule has 8 heteroatoms. The Bertz CT molecular complexity index is 933. The number of carbonyl (C=O) groups is 1. The topological polar surface area (TPSA) is 84.0 Å². The number of carbonyl (C=O) groups excluding carboxylic acids is 1. The quantitative estimate of drug-likeness (QED) is 0.190. The highest BCUT2D eigenvalue weighted by Gasteiger charge is 2.15. The second-order valence-corrected chi connectivity index (χ2v) is 7.38. The van der Waals surface area contributed by atoms with E-state index in [1.54, 1.807) is 0 Å². The lowest BCUT2D eigenvalue weighted by Gasteiger charge is -2.18. The fourth-order valence-electron chi connectivity index (χ4n) is 3.38. The highest BCUT2D eigenvalue weighted by Crippen LogP contribution is 2.26. The summed E-state index contributed by atoms with van der Waals surface area (Å²) in [5.74, 6) is 2.50. The molecule has 32 heavy (non-hydrogen) atoms. The molecule has 2 aromatic rings. The summed E-state index contributed by atoms with van der Waals surface area (Å²) in [6, 6.07) is 12.0. The first-order chi connectivity index (χ1) is 15.1. The van der Waals surface area contributed by atoms with E-state index in [4.69, 9.17) is 9.47 Å². The van der Waals surface area contributed by atoms with Crippen molar-refractivity contribution in [3.05, 3.63) is 53.1 Å². The summed E-state index contributed by atoms with van der Waals surface area (Å²) in [5.41, 5.74) is 4.22. The van der Waals surface area contributed by atoms with Gasteiger partial charge in [0.25, 0.3) is 0 Å². The van der Waals surface area contributed by atoms with Gasteiger partial charge in [-0.2, -0.15) is 0 Å². The van der Waals surface area contributed by atoms with Gasteiger partial charge in [0.15, 0.2) is 5.96 Å². The first-order valence-corrected chi connectivity index (χ1v) is 10.9. The molecule has 1 heterocycles. The number of nitrogens with zero attached hydrogens (tertiary/aromatic N) is 1. The normalized spacial score (nSPS) is 12.8. The number of nitrogens with one attached hydrogen (secondary N) is 3. The lowest BCUT2D eigenvalue weighted by molar-refractivity contribution is -0.116. The van der Waals surface area contributed by atoms with Crippen molar-refractivity contribution in [3.8, 4) is 11.5 Å². The molecule has 0 radical (unpaired) electrons. The SMILES string of the molecule is CCNC(=NCc1ccc(C)cc1OCC)NCCOc1ccc2c(c1)CCC(=O)N2.I. The van der Waals surface area contributed by atoms with Crippen LogP contribution < -0.4 is 25.4 Å². The minimum absolute atomic E-state index is 0. The number of benzene rings is 2. The average Bonchev–Trinajstić information content (AvgIpc) is 2.76. The van der Waals surface area contributed by atoms with Crippen molar-refractivity contribution in [2.75, 3.05) is 31.6 Å². The standard InChI is InChI=1S/C24H32N4O3.HI/c1-4-25-24(27-16-19-7-6-17(3)14-22(19)30-5-2)26-12-13-31-20-9-10-21-18(15-20)8-11-23(29)28-21;/h6-7,9-10,14-15H,4-5,8,11-13,16H2,1-3H3,(H,28,29)(H2,25,26,27);1H. The van der Waals surface area contributed by atoms with E-state index in [1.807, 2.05) is 38.1 Å². The van der Waals surface area contributed by atoms with Gasteiger partial charge in [-0.05, 0) is 62.6 Å². The molecular weight excluding hydrogens is 519 g/mol. The molecule has 0 bridgehead atoms. The van der Waals surface area contributed by atoms with Gasteiger partial charge >= 0.3 is 0 Å². The van der Waals surface area contributed by atoms with Crippen molar-refractivity contribution in [3.63, 3.8) is 0 Å². The molecule has 0 aromatic heterocycles. The third kappa shape index (κ3) is 7.58. The number of aliphatic imine (C=N–C) groups is 1. The van der Waals surface area contributed by atoms with Gasteiger partial charge in [0.2, 0.25) is 5.91 Å². The zero-order chi connectivity index (χ0) is 22.1. The van der Waals surface area contributed by atoms with Gasteiger partial charge in [0.1, 0.15) is 18.1 Å². The molecule has 0 saturated heterocycles. The molecule has 174 valence electrons. The van der Waals surface area contributed by atoms with Crippen LogP contribution in [0.4, 0.5) is 5.69 Å². The molecule has 0 saturated carbocycles. The monoisotopic (exact) mass is 552 g/mol. The van der Waals surface area contributed by atoms with Crippen LogP contribution in [0.5, 0.6) is 11.5 Å². The van der Waals surface area contributed by atoms with Gasteiger partial charge in [-0.15, -0.1) is 24.0 Å². The molecule has 3 N–H and O–H groups in total. The number of ether oxygens (including phenoxy) is 2. The number of guanidine groups is 1. The van der Waals surface area contributed by atoms with Gasteiger partial charge in [-0.25, -0.2) is 4.99 Å². The van der Waals surface area contributed by atoms with Crippen molar-refractivity contribution in [2.45, 2.75) is 40.2 Å². The summed E-state index contributed by atoms with van der Waals surface area (Å²) in [6.45, 7) is 9.13. The Morgan fingerprint density at radius 2 is 1.94 bits per heavy atom. The second kappa shape index (κ2) is 13.1. The Kier molecular flexibility index (Phi) is 10.6. The molecule has 1 aliphatic heterocycles. The van der Waals surface area contributed by atoms with E-state index in [2.05, 4.69) is 40.0 Å². The second-order valence-electron chi connectivity index (χ2n) is 7.38. The van der Waals surface area contributed by atoms with Crippen LogP contribution >= 0.6 is 24.0 Å². The molecule has 1 amide bonds. The Morgan fingerprint density at radius 1 is 1.09 bits per heavy atom. The van der Waals surface area contributed by atoms with E-state index in [-0.39, 0.29) is 29.9 Å². The van der Waals surface area contributed by atoms with Gasteiger partial charge in [0, 0.05) is 24.2 Å². The molecule has 1 aliphatic rings. The number of anilines is 1. The van der Waals surface area contributed by atoms with Crippen LogP contribution in [-0.2, 0) is 17.8 Å². The van der Waals surface area contributed by atoms with Gasteiger partial charge in [-0.3, -0.25) is 4.79 Å². The van der Waals surface area contributed by atoms with E-state index in [9.17, 15) is 4.79 Å². The van der Waals surface area contributed by atoms with Crippen LogP contribution in [0.1, 0.15) is 37.0 Å². The Labute approximate surface area is 207 Å². The smallest absolute Gasteiger partial charge is 0.224 e. The van der Waals surface area contributed by atoms with Crippen molar-refractivity contribution in [1.82, 2.24) is 10.6 Å². The zero-order valence-corrected chi connectivity index (χ0v) is 21.3. The summed E-state index contributed by atoms with van der Waals surface area (Å²) in [5, 5.41) is 9.46. The van der Waals surface area contributed by atoms with Crippen LogP contribution in [0.25, 0.3) is 0 Å². The van der Waals surface area contributed by atoms with Crippen molar-refractivity contribution < 1.29 is 14.3 Å². The summed E-state index contributed by atoms with van der Waals surface area (Å²) in [6.07, 6.45) is 1.27. The first kappa shape index (κ1) is 25.8. The Hall–Kier alpha value is -2.49. The molecule has 0 fully saturated rings. The van der Waals surface area contributed by atoms with Crippen LogP contribution in [0.2, 0.25) is 0 Å². The van der Waals surface area contributed by atoms with E-state index in [1.165, 1.54) is 5.56 Å². The molecule has 0 atom stereocenters. The first-order valence-electron chi connectivity index (χ1n) is 10.9. The molecule has 7 nitrogen and oxygen atoms in total. The maximum atomic E-state index is 11.5. The lowest BCUT2D eigenvalue weighted by Crippen LogP contribution is -2.39. The molecular formula is C24H33IN4O3. The van der Waals surface area contributed by atoms with Gasteiger partial charge in [-0.1, -0.05) is 12.1 Å². The molecule has 0 unspecified atom stereocenters. The highest BCUT2D eigenvalue weighted by molar-refractivity contribution is 14.0. The average molecular weight is 552 g/mol. The lowest BCUT2D eigenvalue weighted by atomic mass is 10.0. The highest BCUT2D eigenvalue weighted by atomic mass is 127. The van der Waals surface area contributed by atoms with E-state index in [0.717, 1.165) is 47.2 Å². The summed E-state index contributed by atoms with van der Waals surface area (Å²) in [7, 11) is 0. The predicted octanol–water partition coefficient (Wildman–Crippen LogP) is 4.03. The molecule has 2 aromatic carbocycles. The minimum Gasteiger partial charge on any atom is -0.494 e. The zero-order valence-electron chi connectivity index (χ0n) is 19.0. The van der Waals surface area contributed by atoms with E-state index in [0.29, 0.717) is 32.7 Å². The van der Waals surface area contributed by atoms with E-state index >= 15 is 0 Å².